The molecule has 0 saturated carbocycles. The zero-order valence-corrected chi connectivity index (χ0v) is 11.2. The van der Waals surface area contributed by atoms with Crippen LogP contribution in [0, 0.1) is 0 Å². The Hall–Kier alpha value is -0.700. The van der Waals surface area contributed by atoms with Gasteiger partial charge in [0.05, 0.1) is 5.02 Å². The SMILES string of the molecule is Clc1ccsc1C(Cl)C1Cc2ccccc2O1. The van der Waals surface area contributed by atoms with Crippen LogP contribution >= 0.6 is 34.5 Å². The molecule has 1 aliphatic rings. The minimum Gasteiger partial charge on any atom is -0.488 e. The molecule has 0 spiro atoms. The van der Waals surface area contributed by atoms with Crippen molar-refractivity contribution in [1.82, 2.24) is 0 Å². The van der Waals surface area contributed by atoms with Crippen LogP contribution in [-0.4, -0.2) is 6.10 Å². The molecule has 2 heterocycles. The van der Waals surface area contributed by atoms with E-state index in [-0.39, 0.29) is 11.5 Å². The Bertz CT molecular complexity index is 513. The van der Waals surface area contributed by atoms with Gasteiger partial charge in [-0.2, -0.15) is 0 Å². The molecule has 1 aliphatic heterocycles. The maximum atomic E-state index is 6.45. The lowest BCUT2D eigenvalue weighted by Gasteiger charge is -2.16. The van der Waals surface area contributed by atoms with Gasteiger partial charge >= 0.3 is 0 Å². The standard InChI is InChI=1S/C13H10Cl2OS/c14-9-5-6-17-13(9)12(15)11-7-8-3-1-2-4-10(8)16-11/h1-6,11-12H,7H2. The number of halogens is 2. The molecule has 0 aliphatic carbocycles. The first-order chi connectivity index (χ1) is 8.25. The molecule has 88 valence electrons. The van der Waals surface area contributed by atoms with Gasteiger partial charge in [-0.1, -0.05) is 29.8 Å². The van der Waals surface area contributed by atoms with Crippen molar-refractivity contribution in [2.24, 2.45) is 0 Å². The molecule has 3 rings (SSSR count). The van der Waals surface area contributed by atoms with Crippen LogP contribution in [0.15, 0.2) is 35.7 Å². The Morgan fingerprint density at radius 1 is 1.29 bits per heavy atom. The molecule has 0 amide bonds. The second-order valence-corrected chi connectivity index (χ2v) is 5.83. The van der Waals surface area contributed by atoms with Crippen molar-refractivity contribution in [2.45, 2.75) is 17.9 Å². The summed E-state index contributed by atoms with van der Waals surface area (Å²) in [4.78, 5) is 0.992. The van der Waals surface area contributed by atoms with Gasteiger partial charge in [0.15, 0.2) is 0 Å². The first-order valence-corrected chi connectivity index (χ1v) is 7.06. The Labute approximate surface area is 114 Å². The predicted molar refractivity (Wildman–Crippen MR) is 72.5 cm³/mol. The Balaban J connectivity index is 1.83. The van der Waals surface area contributed by atoms with Crippen LogP contribution in [-0.2, 0) is 6.42 Å². The van der Waals surface area contributed by atoms with Gasteiger partial charge in [-0.3, -0.25) is 0 Å². The Morgan fingerprint density at radius 2 is 2.12 bits per heavy atom. The number of hydrogen-bond acceptors (Lipinski definition) is 2. The van der Waals surface area contributed by atoms with Gasteiger partial charge in [-0.15, -0.1) is 22.9 Å². The number of para-hydroxylation sites is 1. The van der Waals surface area contributed by atoms with E-state index in [1.54, 1.807) is 11.3 Å². The fourth-order valence-electron chi connectivity index (χ4n) is 2.04. The lowest BCUT2D eigenvalue weighted by Crippen LogP contribution is -2.18. The molecular formula is C13H10Cl2OS. The van der Waals surface area contributed by atoms with E-state index in [4.69, 9.17) is 27.9 Å². The molecule has 0 fully saturated rings. The van der Waals surface area contributed by atoms with Gasteiger partial charge in [0.25, 0.3) is 0 Å². The highest BCUT2D eigenvalue weighted by molar-refractivity contribution is 7.11. The highest BCUT2D eigenvalue weighted by atomic mass is 35.5. The summed E-state index contributed by atoms with van der Waals surface area (Å²) in [5.41, 5.74) is 1.22. The molecule has 0 saturated heterocycles. The van der Waals surface area contributed by atoms with E-state index < -0.39 is 0 Å². The molecule has 1 aromatic heterocycles. The molecule has 2 aromatic rings. The van der Waals surface area contributed by atoms with Gasteiger partial charge < -0.3 is 4.74 Å². The second kappa shape index (κ2) is 4.52. The number of rotatable bonds is 2. The number of benzene rings is 1. The smallest absolute Gasteiger partial charge is 0.124 e. The van der Waals surface area contributed by atoms with Crippen LogP contribution in [0.5, 0.6) is 5.75 Å². The zero-order valence-electron chi connectivity index (χ0n) is 8.90. The average molecular weight is 285 g/mol. The summed E-state index contributed by atoms with van der Waals surface area (Å²) in [5.74, 6) is 0.941. The van der Waals surface area contributed by atoms with Crippen molar-refractivity contribution >= 4 is 34.5 Å². The van der Waals surface area contributed by atoms with Crippen molar-refractivity contribution in [3.05, 3.63) is 51.2 Å². The highest BCUT2D eigenvalue weighted by Gasteiger charge is 2.31. The van der Waals surface area contributed by atoms with E-state index in [1.165, 1.54) is 5.56 Å². The minimum atomic E-state index is -0.185. The minimum absolute atomic E-state index is 0.0229. The fraction of sp³-hybridized carbons (Fsp3) is 0.231. The highest BCUT2D eigenvalue weighted by Crippen LogP contribution is 2.41. The van der Waals surface area contributed by atoms with Crippen molar-refractivity contribution in [2.75, 3.05) is 0 Å². The summed E-state index contributed by atoms with van der Waals surface area (Å²) < 4.78 is 5.86. The van der Waals surface area contributed by atoms with E-state index >= 15 is 0 Å². The van der Waals surface area contributed by atoms with E-state index in [1.807, 2.05) is 29.6 Å². The number of alkyl halides is 1. The van der Waals surface area contributed by atoms with Gasteiger partial charge in [-0.25, -0.2) is 0 Å². The Kier molecular flexibility index (Phi) is 3.03. The molecule has 17 heavy (non-hydrogen) atoms. The van der Waals surface area contributed by atoms with E-state index in [9.17, 15) is 0 Å². The third kappa shape index (κ3) is 2.05. The maximum absolute atomic E-state index is 6.45. The Morgan fingerprint density at radius 3 is 2.82 bits per heavy atom. The van der Waals surface area contributed by atoms with Crippen molar-refractivity contribution < 1.29 is 4.74 Å². The molecule has 1 aromatic carbocycles. The lowest BCUT2D eigenvalue weighted by atomic mass is 10.1. The van der Waals surface area contributed by atoms with Gasteiger partial charge in [-0.05, 0) is 23.1 Å². The third-order valence-corrected chi connectivity index (χ3v) is 4.96. The molecule has 0 radical (unpaired) electrons. The predicted octanol–water partition coefficient (Wildman–Crippen LogP) is 4.69. The van der Waals surface area contributed by atoms with Crippen LogP contribution in [0.4, 0.5) is 0 Å². The molecule has 0 bridgehead atoms. The summed E-state index contributed by atoms with van der Waals surface area (Å²) in [6.07, 6.45) is 0.823. The first-order valence-electron chi connectivity index (χ1n) is 5.37. The second-order valence-electron chi connectivity index (χ2n) is 4.00. The lowest BCUT2D eigenvalue weighted by molar-refractivity contribution is 0.228. The van der Waals surface area contributed by atoms with Crippen molar-refractivity contribution in [1.29, 1.82) is 0 Å². The molecule has 1 nitrogen and oxygen atoms in total. The van der Waals surface area contributed by atoms with Crippen LogP contribution in [0.3, 0.4) is 0 Å². The van der Waals surface area contributed by atoms with Gasteiger partial charge in [0.1, 0.15) is 17.2 Å². The summed E-state index contributed by atoms with van der Waals surface area (Å²) in [6, 6.07) is 9.93. The zero-order chi connectivity index (χ0) is 11.8. The average Bonchev–Trinajstić information content (AvgIpc) is 2.93. The first kappa shape index (κ1) is 11.4. The molecule has 2 atom stereocenters. The normalized spacial score (nSPS) is 19.8. The van der Waals surface area contributed by atoms with Gasteiger partial charge in [0.2, 0.25) is 0 Å². The number of thiophene rings is 1. The summed E-state index contributed by atoms with van der Waals surface area (Å²) in [5, 5.41) is 2.50. The molecule has 0 N–H and O–H groups in total. The summed E-state index contributed by atoms with van der Waals surface area (Å²) >= 11 is 14.1. The van der Waals surface area contributed by atoms with E-state index in [0.29, 0.717) is 0 Å². The van der Waals surface area contributed by atoms with Crippen LogP contribution in [0.2, 0.25) is 5.02 Å². The third-order valence-electron chi connectivity index (χ3n) is 2.89. The summed E-state index contributed by atoms with van der Waals surface area (Å²) in [7, 11) is 0. The van der Waals surface area contributed by atoms with Gasteiger partial charge in [0, 0.05) is 11.3 Å². The van der Waals surface area contributed by atoms with Crippen molar-refractivity contribution in [3.8, 4) is 5.75 Å². The maximum Gasteiger partial charge on any atom is 0.124 e. The molecular weight excluding hydrogens is 275 g/mol. The largest absolute Gasteiger partial charge is 0.488 e. The summed E-state index contributed by atoms with van der Waals surface area (Å²) in [6.45, 7) is 0. The fourth-order valence-corrected chi connectivity index (χ4v) is 3.71. The van der Waals surface area contributed by atoms with Crippen LogP contribution in [0.1, 0.15) is 15.8 Å². The van der Waals surface area contributed by atoms with E-state index in [0.717, 1.165) is 22.1 Å². The van der Waals surface area contributed by atoms with Crippen LogP contribution in [0.25, 0.3) is 0 Å². The molecule has 2 unspecified atom stereocenters. The van der Waals surface area contributed by atoms with E-state index in [2.05, 4.69) is 6.07 Å². The number of hydrogen-bond donors (Lipinski definition) is 0. The van der Waals surface area contributed by atoms with Crippen molar-refractivity contribution in [3.63, 3.8) is 0 Å². The number of ether oxygens (including phenoxy) is 1. The molecule has 4 heteroatoms. The van der Waals surface area contributed by atoms with Crippen LogP contribution < -0.4 is 4.74 Å². The topological polar surface area (TPSA) is 9.23 Å². The quantitative estimate of drug-likeness (QED) is 0.728. The number of fused-ring (bicyclic) bond motifs is 1. The monoisotopic (exact) mass is 284 g/mol.